The van der Waals surface area contributed by atoms with Crippen LogP contribution in [0.25, 0.3) is 21.5 Å². The van der Waals surface area contributed by atoms with Crippen LogP contribution in [-0.4, -0.2) is 76.8 Å². The van der Waals surface area contributed by atoms with Gasteiger partial charge in [0.25, 0.3) is 36.3 Å². The van der Waals surface area contributed by atoms with Gasteiger partial charge < -0.3 is 35.1 Å². The Morgan fingerprint density at radius 3 is 1.84 bits per heavy atom. The number of aromatic hydroxyl groups is 2. The minimum absolute atomic E-state index is 0.00376. The van der Waals surface area contributed by atoms with E-state index in [1.165, 1.54) is 67.6 Å². The molecule has 0 spiro atoms. The minimum Gasteiger partial charge on any atom is -0.505 e. The molecule has 2 amide bonds. The molecule has 7 aromatic carbocycles. The van der Waals surface area contributed by atoms with Crippen molar-refractivity contribution < 1.29 is 76.4 Å². The van der Waals surface area contributed by atoms with Gasteiger partial charge in [0.1, 0.15) is 37.5 Å². The van der Waals surface area contributed by atoms with E-state index in [-0.39, 0.29) is 55.6 Å². The van der Waals surface area contributed by atoms with Gasteiger partial charge in [0.2, 0.25) is 5.91 Å². The van der Waals surface area contributed by atoms with E-state index in [2.05, 4.69) is 36.4 Å². The number of benzene rings is 7. The van der Waals surface area contributed by atoms with E-state index >= 15 is 0 Å². The van der Waals surface area contributed by atoms with Crippen molar-refractivity contribution in [2.45, 2.75) is 21.6 Å². The number of methoxy groups -OCH3 is 1. The maximum Gasteiger partial charge on any atom is 0.357 e. The van der Waals surface area contributed by atoms with Crippen molar-refractivity contribution in [1.29, 1.82) is 0 Å². The summed E-state index contributed by atoms with van der Waals surface area (Å²) in [6.07, 6.45) is 0. The van der Waals surface area contributed by atoms with Crippen molar-refractivity contribution in [3.63, 3.8) is 0 Å². The summed E-state index contributed by atoms with van der Waals surface area (Å²) in [5.74, 6) is -3.66. The second-order valence-corrected chi connectivity index (χ2v) is 19.2. The highest BCUT2D eigenvalue weighted by molar-refractivity contribution is 7.86. The highest BCUT2D eigenvalue weighted by Crippen LogP contribution is 2.47. The lowest BCUT2D eigenvalue weighted by atomic mass is 10.1. The topological polar surface area (TPSA) is 379 Å². The highest BCUT2D eigenvalue weighted by atomic mass is 32.2. The van der Waals surface area contributed by atoms with Gasteiger partial charge in [-0.1, -0.05) is 24.3 Å². The smallest absolute Gasteiger partial charge is 0.357 e. The van der Waals surface area contributed by atoms with Crippen LogP contribution in [0, 0.1) is 0 Å². The molecule has 362 valence electrons. The number of hydrogen-bond acceptors (Lipinski definition) is 18. The minimum atomic E-state index is -5.27. The second-order valence-electron chi connectivity index (χ2n) is 14.5. The van der Waals surface area contributed by atoms with Crippen molar-refractivity contribution in [3.05, 3.63) is 115 Å². The summed E-state index contributed by atoms with van der Waals surface area (Å²) >= 11 is -3.06. The number of carbonyl (C=O) groups excluding carboxylic acids is 2. The number of fused-ring (bicyclic) bond motifs is 2. The molecule has 0 fully saturated rings. The first-order valence-electron chi connectivity index (χ1n) is 19.3. The number of phenolic OH excluding ortho intramolecular Hbond substituents is 2. The van der Waals surface area contributed by atoms with Crippen LogP contribution in [0.3, 0.4) is 0 Å². The third kappa shape index (κ3) is 11.1. The van der Waals surface area contributed by atoms with Crippen LogP contribution in [0.4, 0.5) is 45.5 Å². The Morgan fingerprint density at radius 2 is 1.20 bits per heavy atom. The van der Waals surface area contributed by atoms with Crippen molar-refractivity contribution in [2.24, 2.45) is 20.5 Å². The van der Waals surface area contributed by atoms with Crippen LogP contribution in [0.15, 0.2) is 144 Å². The van der Waals surface area contributed by atoms with Crippen molar-refractivity contribution in [3.8, 4) is 23.0 Å². The number of phenols is 2. The van der Waals surface area contributed by atoms with Crippen LogP contribution >= 0.6 is 0 Å². The molecule has 1 unspecified atom stereocenters. The average Bonchev–Trinajstić information content (AvgIpc) is 3.28. The Balaban J connectivity index is 1.25. The number of hydrogen-bond donors (Lipinski definition) is 9. The van der Waals surface area contributed by atoms with E-state index in [0.717, 1.165) is 31.4 Å². The van der Waals surface area contributed by atoms with E-state index in [1.54, 1.807) is 18.2 Å². The number of rotatable bonds is 15. The van der Waals surface area contributed by atoms with Crippen LogP contribution in [0.2, 0.25) is 0 Å². The molecule has 0 heterocycles. The lowest BCUT2D eigenvalue weighted by Crippen LogP contribution is -2.14. The number of azo groups is 2. The normalized spacial score (nSPS) is 12.6. The van der Waals surface area contributed by atoms with E-state index < -0.39 is 108 Å². The van der Waals surface area contributed by atoms with Crippen LogP contribution in [0.1, 0.15) is 17.3 Å². The third-order valence-electron chi connectivity index (χ3n) is 9.75. The Kier molecular flexibility index (Phi) is 14.0. The molecule has 0 saturated heterocycles. The number of ether oxygens (including phenoxy) is 1. The summed E-state index contributed by atoms with van der Waals surface area (Å²) in [5, 5.41) is 45.8. The van der Waals surface area contributed by atoms with Gasteiger partial charge in [-0.15, -0.1) is 20.5 Å². The number of anilines is 4. The molecule has 9 N–H and O–H groups in total. The molecule has 7 rings (SSSR count). The molecule has 0 saturated carbocycles. The maximum atomic E-state index is 12.7. The molecule has 1 atom stereocenters. The fourth-order valence-electron chi connectivity index (χ4n) is 6.72. The van der Waals surface area contributed by atoms with E-state index in [1.807, 2.05) is 0 Å². The SMILES string of the molecule is COc1cc(N=Nc2c(OS(=O)O)cc3cc(Nc4ccc(NC(=O)c5ccccc5)c(S(=O)(=O)O)c4)ccc3c2O)c(S(=O)(=O)O)cc1N=Nc1c(S(=O)(=O)O)cc2ccc(NC(C)=O)cc2c1O. The fourth-order valence-corrected chi connectivity index (χ4v) is 8.96. The Bertz CT molecular complexity index is 3740. The van der Waals surface area contributed by atoms with Gasteiger partial charge >= 0.3 is 11.4 Å². The van der Waals surface area contributed by atoms with Crippen LogP contribution in [0.5, 0.6) is 23.0 Å². The van der Waals surface area contributed by atoms with Gasteiger partial charge in [0, 0.05) is 46.4 Å². The van der Waals surface area contributed by atoms with Gasteiger partial charge in [0.05, 0.1) is 12.8 Å². The van der Waals surface area contributed by atoms with Crippen molar-refractivity contribution in [1.82, 2.24) is 0 Å². The molecule has 28 heteroatoms. The Labute approximate surface area is 398 Å². The summed E-state index contributed by atoms with van der Waals surface area (Å²) in [6, 6.07) is 23.3. The van der Waals surface area contributed by atoms with Crippen molar-refractivity contribution in [2.75, 3.05) is 23.1 Å². The zero-order valence-corrected chi connectivity index (χ0v) is 38.8. The first-order valence-corrected chi connectivity index (χ1v) is 24.7. The number of amides is 2. The highest BCUT2D eigenvalue weighted by Gasteiger charge is 2.26. The average molecular weight is 1040 g/mol. The molecule has 0 aliphatic rings. The zero-order valence-electron chi connectivity index (χ0n) is 35.5. The Morgan fingerprint density at radius 1 is 0.586 bits per heavy atom. The molecule has 0 aliphatic carbocycles. The largest absolute Gasteiger partial charge is 0.505 e. The zero-order chi connectivity index (χ0) is 50.9. The molecule has 0 aromatic heterocycles. The fraction of sp³-hybridized carbons (Fsp3) is 0.0476. The number of carbonyl (C=O) groups is 2. The lowest BCUT2D eigenvalue weighted by Gasteiger charge is -2.14. The van der Waals surface area contributed by atoms with Gasteiger partial charge in [0.15, 0.2) is 22.9 Å². The molecular formula is C42H33N7O17S4. The van der Waals surface area contributed by atoms with Gasteiger partial charge in [-0.3, -0.25) is 27.8 Å². The van der Waals surface area contributed by atoms with Gasteiger partial charge in [-0.05, 0) is 89.6 Å². The predicted octanol–water partition coefficient (Wildman–Crippen LogP) is 8.45. The quantitative estimate of drug-likeness (QED) is 0.0264. The summed E-state index contributed by atoms with van der Waals surface area (Å²) < 4.78 is 137. The molecule has 24 nitrogen and oxygen atoms in total. The lowest BCUT2D eigenvalue weighted by molar-refractivity contribution is -0.114. The van der Waals surface area contributed by atoms with Gasteiger partial charge in [-0.25, -0.2) is 0 Å². The Hall–Kier alpha value is -7.96. The van der Waals surface area contributed by atoms with Gasteiger partial charge in [-0.2, -0.15) is 29.5 Å². The third-order valence-corrected chi connectivity index (χ3v) is 12.7. The van der Waals surface area contributed by atoms with Crippen LogP contribution < -0.4 is 24.9 Å². The maximum absolute atomic E-state index is 12.7. The summed E-state index contributed by atoms with van der Waals surface area (Å²) in [7, 11) is -14.2. The number of nitrogens with one attached hydrogen (secondary N) is 3. The molecule has 0 aliphatic heterocycles. The molecular weight excluding hydrogens is 1000 g/mol. The molecule has 7 aromatic rings. The molecule has 70 heavy (non-hydrogen) atoms. The van der Waals surface area contributed by atoms with E-state index in [4.69, 9.17) is 8.92 Å². The monoisotopic (exact) mass is 1040 g/mol. The van der Waals surface area contributed by atoms with E-state index in [0.29, 0.717) is 6.07 Å². The molecule has 0 radical (unpaired) electrons. The van der Waals surface area contributed by atoms with Crippen LogP contribution in [-0.2, 0) is 46.5 Å². The summed E-state index contributed by atoms with van der Waals surface area (Å²) in [5.41, 5.74) is -2.20. The standard InChI is InChI=1S/C42H33N7O17S4/c1-21(50)43-26-9-8-23-16-37(70(62,63)64)39(41(52)29(23)17-26)49-46-31-20-36(69(59,60)61)32(19-33(31)65-2)47-48-38-34(66-67(54)55)15-24-14-25(10-12-28(24)40(38)51)44-27-11-13-30(35(18-27)68(56,57)58)45-42(53)22-6-4-3-5-7-22/h3-20,44,51-52H,1-2H3,(H,43,50)(H,45,53)(H,54,55)(H,56,57,58)(H,59,60,61)(H,62,63,64). The predicted molar refractivity (Wildman–Crippen MR) is 252 cm³/mol. The summed E-state index contributed by atoms with van der Waals surface area (Å²) in [6.45, 7) is 1.22. The summed E-state index contributed by atoms with van der Waals surface area (Å²) in [4.78, 5) is 21.8. The first-order chi connectivity index (χ1) is 32.9. The first kappa shape index (κ1) is 49.9. The van der Waals surface area contributed by atoms with Crippen molar-refractivity contribution >= 4 is 121 Å². The van der Waals surface area contributed by atoms with E-state index in [9.17, 15) is 67.5 Å². The molecule has 0 bridgehead atoms. The second kappa shape index (κ2) is 19.6. The number of nitrogens with zero attached hydrogens (tertiary/aromatic N) is 4.